The second-order valence-electron chi connectivity index (χ2n) is 6.18. The smallest absolute Gasteiger partial charge is 0.307 e. The Kier molecular flexibility index (Phi) is 5.93. The summed E-state index contributed by atoms with van der Waals surface area (Å²) < 4.78 is 23.1. The summed E-state index contributed by atoms with van der Waals surface area (Å²) in [6.07, 6.45) is 5.24. The highest BCUT2D eigenvalue weighted by Gasteiger charge is 2.21. The molecule has 2 fully saturated rings. The van der Waals surface area contributed by atoms with Gasteiger partial charge in [0.2, 0.25) is 0 Å². The third-order valence-electron chi connectivity index (χ3n) is 4.16. The molecule has 24 heavy (non-hydrogen) atoms. The zero-order valence-corrected chi connectivity index (χ0v) is 13.7. The molecule has 1 aromatic rings. The zero-order chi connectivity index (χ0) is 16.8. The van der Waals surface area contributed by atoms with E-state index in [1.807, 2.05) is 0 Å². The average Bonchev–Trinajstić information content (AvgIpc) is 2.59. The van der Waals surface area contributed by atoms with E-state index in [1.54, 1.807) is 18.2 Å². The van der Waals surface area contributed by atoms with Gasteiger partial charge in [0.15, 0.2) is 24.1 Å². The lowest BCUT2D eigenvalue weighted by Crippen LogP contribution is -2.27. The van der Waals surface area contributed by atoms with Gasteiger partial charge in [-0.3, -0.25) is 4.79 Å². The fourth-order valence-corrected chi connectivity index (χ4v) is 2.92. The van der Waals surface area contributed by atoms with E-state index in [-0.39, 0.29) is 19.0 Å². The molecule has 0 amide bonds. The molecule has 0 bridgehead atoms. The van der Waals surface area contributed by atoms with Gasteiger partial charge >= 0.3 is 5.97 Å². The first kappa shape index (κ1) is 17.0. The van der Waals surface area contributed by atoms with Gasteiger partial charge in [-0.15, -0.1) is 0 Å². The van der Waals surface area contributed by atoms with Gasteiger partial charge in [0.1, 0.15) is 0 Å². The van der Waals surface area contributed by atoms with E-state index in [9.17, 15) is 4.79 Å². The van der Waals surface area contributed by atoms with Crippen molar-refractivity contribution in [3.8, 4) is 11.5 Å². The highest BCUT2D eigenvalue weighted by molar-refractivity contribution is 5.70. The maximum Gasteiger partial charge on any atom is 0.307 e. The van der Waals surface area contributed by atoms with Crippen LogP contribution >= 0.6 is 0 Å². The number of benzene rings is 1. The van der Waals surface area contributed by atoms with Crippen LogP contribution in [0.4, 0.5) is 0 Å². The molecular weight excluding hydrogens is 312 g/mol. The number of aliphatic carboxylic acids is 1. The zero-order valence-electron chi connectivity index (χ0n) is 13.7. The highest BCUT2D eigenvalue weighted by Crippen LogP contribution is 2.33. The summed E-state index contributed by atoms with van der Waals surface area (Å²) >= 11 is 0. The first-order valence-corrected chi connectivity index (χ1v) is 8.62. The lowest BCUT2D eigenvalue weighted by molar-refractivity contribution is -0.136. The minimum atomic E-state index is -0.876. The number of carbonyl (C=O) groups is 1. The number of hydrogen-bond acceptors (Lipinski definition) is 5. The normalized spacial score (nSPS) is 24.3. The summed E-state index contributed by atoms with van der Waals surface area (Å²) in [5.41, 5.74) is 0.672. The SMILES string of the molecule is O=C(O)Cc1ccc(OC2CCCCO2)c(OC2CCCCO2)c1. The number of hydrogen-bond donors (Lipinski definition) is 1. The fourth-order valence-electron chi connectivity index (χ4n) is 2.92. The second-order valence-corrected chi connectivity index (χ2v) is 6.18. The Hall–Kier alpha value is -1.79. The Morgan fingerprint density at radius 3 is 2.17 bits per heavy atom. The Bertz CT molecular complexity index is 546. The molecule has 0 aromatic heterocycles. The lowest BCUT2D eigenvalue weighted by atomic mass is 10.1. The van der Waals surface area contributed by atoms with Crippen LogP contribution in [-0.2, 0) is 20.7 Å². The maximum atomic E-state index is 11.0. The van der Waals surface area contributed by atoms with Crippen molar-refractivity contribution in [2.24, 2.45) is 0 Å². The van der Waals surface area contributed by atoms with Crippen molar-refractivity contribution in [3.05, 3.63) is 23.8 Å². The van der Waals surface area contributed by atoms with Gasteiger partial charge in [-0.2, -0.15) is 0 Å². The van der Waals surface area contributed by atoms with Crippen molar-refractivity contribution >= 4 is 5.97 Å². The predicted octanol–water partition coefficient (Wildman–Crippen LogP) is 3.12. The summed E-state index contributed by atoms with van der Waals surface area (Å²) in [7, 11) is 0. The molecule has 0 radical (unpaired) electrons. The Morgan fingerprint density at radius 2 is 1.62 bits per heavy atom. The van der Waals surface area contributed by atoms with E-state index < -0.39 is 5.97 Å². The van der Waals surface area contributed by atoms with E-state index >= 15 is 0 Å². The van der Waals surface area contributed by atoms with E-state index in [2.05, 4.69) is 0 Å². The van der Waals surface area contributed by atoms with Gasteiger partial charge in [-0.25, -0.2) is 0 Å². The standard InChI is InChI=1S/C18H24O6/c19-16(20)12-13-7-8-14(23-17-5-1-3-9-21-17)15(11-13)24-18-6-2-4-10-22-18/h7-8,11,17-18H,1-6,9-10,12H2,(H,19,20). The van der Waals surface area contributed by atoms with Crippen molar-refractivity contribution in [3.63, 3.8) is 0 Å². The minimum Gasteiger partial charge on any atom is -0.481 e. The highest BCUT2D eigenvalue weighted by atomic mass is 16.7. The molecule has 2 unspecified atom stereocenters. The van der Waals surface area contributed by atoms with Crippen LogP contribution in [0.15, 0.2) is 18.2 Å². The average molecular weight is 336 g/mol. The molecule has 2 saturated heterocycles. The van der Waals surface area contributed by atoms with Crippen LogP contribution in [0.2, 0.25) is 0 Å². The van der Waals surface area contributed by atoms with Crippen molar-refractivity contribution < 1.29 is 28.8 Å². The van der Waals surface area contributed by atoms with Gasteiger partial charge in [-0.1, -0.05) is 6.07 Å². The van der Waals surface area contributed by atoms with Crippen LogP contribution in [-0.4, -0.2) is 36.9 Å². The molecule has 1 aromatic carbocycles. The van der Waals surface area contributed by atoms with Gasteiger partial charge in [0, 0.05) is 12.8 Å². The molecule has 2 heterocycles. The van der Waals surface area contributed by atoms with E-state index in [4.69, 9.17) is 24.1 Å². The quantitative estimate of drug-likeness (QED) is 0.860. The molecule has 6 nitrogen and oxygen atoms in total. The number of carboxylic acid groups (broad SMARTS) is 1. The monoisotopic (exact) mass is 336 g/mol. The molecule has 2 aliphatic heterocycles. The molecule has 6 heteroatoms. The van der Waals surface area contributed by atoms with Crippen LogP contribution in [0.3, 0.4) is 0 Å². The fraction of sp³-hybridized carbons (Fsp3) is 0.611. The molecule has 0 saturated carbocycles. The summed E-state index contributed by atoms with van der Waals surface area (Å²) in [5.74, 6) is 0.221. The summed E-state index contributed by atoms with van der Waals surface area (Å²) in [5, 5.41) is 8.99. The topological polar surface area (TPSA) is 74.2 Å². The van der Waals surface area contributed by atoms with E-state index in [0.29, 0.717) is 30.3 Å². The number of ether oxygens (including phenoxy) is 4. The maximum absolute atomic E-state index is 11.0. The Balaban J connectivity index is 1.75. The van der Waals surface area contributed by atoms with Crippen molar-refractivity contribution in [1.82, 2.24) is 0 Å². The third kappa shape index (κ3) is 4.85. The predicted molar refractivity (Wildman–Crippen MR) is 86.2 cm³/mol. The second kappa shape index (κ2) is 8.35. The van der Waals surface area contributed by atoms with Crippen molar-refractivity contribution in [1.29, 1.82) is 0 Å². The van der Waals surface area contributed by atoms with Crippen molar-refractivity contribution in [2.45, 2.75) is 57.5 Å². The first-order valence-electron chi connectivity index (χ1n) is 8.62. The number of rotatable bonds is 6. The van der Waals surface area contributed by atoms with Crippen LogP contribution in [0.1, 0.15) is 44.1 Å². The molecular formula is C18H24O6. The summed E-state index contributed by atoms with van der Waals surface area (Å²) in [6.45, 7) is 1.38. The van der Waals surface area contributed by atoms with Crippen LogP contribution < -0.4 is 9.47 Å². The molecule has 2 atom stereocenters. The van der Waals surface area contributed by atoms with Gasteiger partial charge in [0.25, 0.3) is 0 Å². The van der Waals surface area contributed by atoms with Gasteiger partial charge in [0.05, 0.1) is 19.6 Å². The van der Waals surface area contributed by atoms with Crippen LogP contribution in [0, 0.1) is 0 Å². The first-order chi connectivity index (χ1) is 11.7. The van der Waals surface area contributed by atoms with Crippen molar-refractivity contribution in [2.75, 3.05) is 13.2 Å². The Labute approximate surface area is 141 Å². The summed E-state index contributed by atoms with van der Waals surface area (Å²) in [6, 6.07) is 5.24. The van der Waals surface area contributed by atoms with Crippen LogP contribution in [0.5, 0.6) is 11.5 Å². The van der Waals surface area contributed by atoms with Crippen LogP contribution in [0.25, 0.3) is 0 Å². The van der Waals surface area contributed by atoms with E-state index in [1.165, 1.54) is 0 Å². The molecule has 1 N–H and O–H groups in total. The summed E-state index contributed by atoms with van der Waals surface area (Å²) in [4.78, 5) is 11.0. The molecule has 2 aliphatic rings. The lowest BCUT2D eigenvalue weighted by Gasteiger charge is -2.27. The molecule has 3 rings (SSSR count). The molecule has 0 spiro atoms. The van der Waals surface area contributed by atoms with Gasteiger partial charge in [-0.05, 0) is 43.4 Å². The Morgan fingerprint density at radius 1 is 1.00 bits per heavy atom. The third-order valence-corrected chi connectivity index (χ3v) is 4.16. The number of carboxylic acids is 1. The molecule has 0 aliphatic carbocycles. The van der Waals surface area contributed by atoms with E-state index in [0.717, 1.165) is 38.5 Å². The molecule has 132 valence electrons. The minimum absolute atomic E-state index is 0.0535. The largest absolute Gasteiger partial charge is 0.481 e. The van der Waals surface area contributed by atoms with Gasteiger partial charge < -0.3 is 24.1 Å².